The molecule has 0 saturated carbocycles. The molecule has 0 radical (unpaired) electrons. The minimum absolute atomic E-state index is 0.222. The lowest BCUT2D eigenvalue weighted by Crippen LogP contribution is -1.99. The van der Waals surface area contributed by atoms with Crippen LogP contribution in [0.15, 0.2) is 28.7 Å². The first-order chi connectivity index (χ1) is 8.63. The van der Waals surface area contributed by atoms with Crippen molar-refractivity contribution in [1.82, 2.24) is 9.97 Å². The first kappa shape index (κ1) is 12.3. The second-order valence-corrected chi connectivity index (χ2v) is 4.37. The highest BCUT2D eigenvalue weighted by Crippen LogP contribution is 2.30. The predicted octanol–water partition coefficient (Wildman–Crippen LogP) is 2.37. The van der Waals surface area contributed by atoms with Crippen molar-refractivity contribution in [3.8, 4) is 23.2 Å². The van der Waals surface area contributed by atoms with Crippen molar-refractivity contribution < 1.29 is 4.74 Å². The summed E-state index contributed by atoms with van der Waals surface area (Å²) in [6.45, 7) is 0. The van der Waals surface area contributed by atoms with Crippen molar-refractivity contribution >= 4 is 21.7 Å². The molecule has 0 aliphatic heterocycles. The van der Waals surface area contributed by atoms with Gasteiger partial charge in [-0.1, -0.05) is 15.9 Å². The molecular weight excluding hydrogens is 296 g/mol. The lowest BCUT2D eigenvalue weighted by molar-refractivity contribution is 0.416. The van der Waals surface area contributed by atoms with E-state index in [1.54, 1.807) is 13.2 Å². The number of nitriles is 1. The van der Waals surface area contributed by atoms with Crippen LogP contribution in [0.3, 0.4) is 0 Å². The van der Waals surface area contributed by atoms with Crippen LogP contribution in [-0.2, 0) is 0 Å². The minimum atomic E-state index is 0.222. The van der Waals surface area contributed by atoms with Gasteiger partial charge in [0.2, 0.25) is 0 Å². The van der Waals surface area contributed by atoms with E-state index in [-0.39, 0.29) is 11.5 Å². The van der Waals surface area contributed by atoms with Crippen LogP contribution in [0.4, 0.5) is 5.82 Å². The molecule has 1 aromatic heterocycles. The summed E-state index contributed by atoms with van der Waals surface area (Å²) >= 11 is 3.37. The molecule has 6 heteroatoms. The van der Waals surface area contributed by atoms with Crippen LogP contribution in [0, 0.1) is 11.3 Å². The maximum atomic E-state index is 8.88. The first-order valence-corrected chi connectivity index (χ1v) is 5.82. The molecular formula is C12H9BrN4O. The Bertz CT molecular complexity index is 636. The molecule has 0 fully saturated rings. The fourth-order valence-corrected chi connectivity index (χ4v) is 1.86. The van der Waals surface area contributed by atoms with Crippen LogP contribution in [-0.4, -0.2) is 17.1 Å². The van der Waals surface area contributed by atoms with Gasteiger partial charge < -0.3 is 10.5 Å². The maximum Gasteiger partial charge on any atom is 0.166 e. The molecule has 0 atom stereocenters. The molecule has 2 aromatic rings. The lowest BCUT2D eigenvalue weighted by Gasteiger charge is -2.08. The molecule has 0 spiro atoms. The Hall–Kier alpha value is -2.13. The van der Waals surface area contributed by atoms with E-state index in [0.29, 0.717) is 17.1 Å². The molecule has 2 rings (SSSR count). The average molecular weight is 305 g/mol. The van der Waals surface area contributed by atoms with E-state index in [4.69, 9.17) is 15.7 Å². The van der Waals surface area contributed by atoms with Crippen LogP contribution in [0.5, 0.6) is 5.75 Å². The summed E-state index contributed by atoms with van der Waals surface area (Å²) in [6.07, 6.45) is 0. The molecule has 1 aromatic carbocycles. The van der Waals surface area contributed by atoms with Crippen molar-refractivity contribution in [1.29, 1.82) is 5.26 Å². The van der Waals surface area contributed by atoms with Crippen molar-refractivity contribution in [3.05, 3.63) is 34.4 Å². The number of aromatic nitrogens is 2. The van der Waals surface area contributed by atoms with E-state index < -0.39 is 0 Å². The van der Waals surface area contributed by atoms with Gasteiger partial charge in [-0.15, -0.1) is 0 Å². The van der Waals surface area contributed by atoms with Crippen LogP contribution in [0.25, 0.3) is 11.4 Å². The topological polar surface area (TPSA) is 84.8 Å². The smallest absolute Gasteiger partial charge is 0.166 e. The van der Waals surface area contributed by atoms with Crippen molar-refractivity contribution in [3.63, 3.8) is 0 Å². The highest BCUT2D eigenvalue weighted by molar-refractivity contribution is 9.10. The van der Waals surface area contributed by atoms with E-state index in [2.05, 4.69) is 25.9 Å². The largest absolute Gasteiger partial charge is 0.496 e. The molecule has 18 heavy (non-hydrogen) atoms. The molecule has 0 amide bonds. The summed E-state index contributed by atoms with van der Waals surface area (Å²) in [5.41, 5.74) is 6.55. The number of halogens is 1. The Morgan fingerprint density at radius 1 is 1.33 bits per heavy atom. The highest BCUT2D eigenvalue weighted by Gasteiger charge is 2.11. The number of rotatable bonds is 2. The standard InChI is InChI=1S/C12H9BrN4O/c1-18-10-3-2-7(13)4-9(10)12-16-8(6-14)5-11(15)17-12/h2-5H,1H3,(H2,15,16,17). The van der Waals surface area contributed by atoms with Gasteiger partial charge in [-0.25, -0.2) is 9.97 Å². The number of ether oxygens (including phenoxy) is 1. The van der Waals surface area contributed by atoms with Crippen LogP contribution < -0.4 is 10.5 Å². The molecule has 0 aliphatic carbocycles. The molecule has 2 N–H and O–H groups in total. The van der Waals surface area contributed by atoms with Gasteiger partial charge in [0.15, 0.2) is 5.82 Å². The average Bonchev–Trinajstić information content (AvgIpc) is 2.38. The molecule has 1 heterocycles. The molecule has 0 unspecified atom stereocenters. The number of nitrogen functional groups attached to an aromatic ring is 1. The van der Waals surface area contributed by atoms with E-state index in [0.717, 1.165) is 4.47 Å². The monoisotopic (exact) mass is 304 g/mol. The number of anilines is 1. The molecule has 0 aliphatic rings. The number of nitrogens with zero attached hydrogens (tertiary/aromatic N) is 3. The van der Waals surface area contributed by atoms with Gasteiger partial charge in [-0.2, -0.15) is 5.26 Å². The van der Waals surface area contributed by atoms with Crippen molar-refractivity contribution in [2.24, 2.45) is 0 Å². The zero-order valence-corrected chi connectivity index (χ0v) is 11.1. The Balaban J connectivity index is 2.65. The summed E-state index contributed by atoms with van der Waals surface area (Å²) in [5.74, 6) is 1.23. The summed E-state index contributed by atoms with van der Waals surface area (Å²) in [7, 11) is 1.56. The van der Waals surface area contributed by atoms with Gasteiger partial charge in [0.1, 0.15) is 23.3 Å². The number of nitrogens with two attached hydrogens (primary N) is 1. The Morgan fingerprint density at radius 2 is 2.11 bits per heavy atom. The van der Waals surface area contributed by atoms with E-state index >= 15 is 0 Å². The SMILES string of the molecule is COc1ccc(Br)cc1-c1nc(N)cc(C#N)n1. The normalized spacial score (nSPS) is 9.83. The summed E-state index contributed by atoms with van der Waals surface area (Å²) in [5, 5.41) is 8.88. The third-order valence-corrected chi connectivity index (χ3v) is 2.76. The summed E-state index contributed by atoms with van der Waals surface area (Å²) in [6, 6.07) is 8.82. The third-order valence-electron chi connectivity index (χ3n) is 2.26. The predicted molar refractivity (Wildman–Crippen MR) is 70.8 cm³/mol. The third kappa shape index (κ3) is 2.41. The molecule has 0 saturated heterocycles. The molecule has 5 nitrogen and oxygen atoms in total. The first-order valence-electron chi connectivity index (χ1n) is 5.02. The second-order valence-electron chi connectivity index (χ2n) is 3.46. The van der Waals surface area contributed by atoms with Crippen LogP contribution in [0.1, 0.15) is 5.69 Å². The van der Waals surface area contributed by atoms with Gasteiger partial charge >= 0.3 is 0 Å². The Kier molecular flexibility index (Phi) is 3.44. The summed E-state index contributed by atoms with van der Waals surface area (Å²) in [4.78, 5) is 8.24. The van der Waals surface area contributed by atoms with Gasteiger partial charge in [0, 0.05) is 10.5 Å². The van der Waals surface area contributed by atoms with Crippen LogP contribution in [0.2, 0.25) is 0 Å². The fourth-order valence-electron chi connectivity index (χ4n) is 1.50. The Morgan fingerprint density at radius 3 is 2.78 bits per heavy atom. The minimum Gasteiger partial charge on any atom is -0.496 e. The number of benzene rings is 1. The fraction of sp³-hybridized carbons (Fsp3) is 0.0833. The lowest BCUT2D eigenvalue weighted by atomic mass is 10.2. The van der Waals surface area contributed by atoms with E-state index in [1.165, 1.54) is 6.07 Å². The number of hydrogen-bond acceptors (Lipinski definition) is 5. The van der Waals surface area contributed by atoms with Gasteiger partial charge in [0.05, 0.1) is 12.7 Å². The molecule has 0 bridgehead atoms. The summed E-state index contributed by atoms with van der Waals surface area (Å²) < 4.78 is 6.11. The number of hydrogen-bond donors (Lipinski definition) is 1. The Labute approximate surface area is 112 Å². The van der Waals surface area contributed by atoms with Crippen LogP contribution >= 0.6 is 15.9 Å². The van der Waals surface area contributed by atoms with Gasteiger partial charge in [0.25, 0.3) is 0 Å². The van der Waals surface area contributed by atoms with E-state index in [9.17, 15) is 0 Å². The van der Waals surface area contributed by atoms with Crippen molar-refractivity contribution in [2.75, 3.05) is 12.8 Å². The zero-order chi connectivity index (χ0) is 13.1. The van der Waals surface area contributed by atoms with Gasteiger partial charge in [-0.3, -0.25) is 0 Å². The maximum absolute atomic E-state index is 8.88. The second kappa shape index (κ2) is 5.02. The molecule has 90 valence electrons. The quantitative estimate of drug-likeness (QED) is 0.920. The zero-order valence-electron chi connectivity index (χ0n) is 9.51. The van der Waals surface area contributed by atoms with Crippen molar-refractivity contribution in [2.45, 2.75) is 0 Å². The highest BCUT2D eigenvalue weighted by atomic mass is 79.9. The van der Waals surface area contributed by atoms with Gasteiger partial charge in [-0.05, 0) is 18.2 Å². The number of methoxy groups -OCH3 is 1. The van der Waals surface area contributed by atoms with E-state index in [1.807, 2.05) is 18.2 Å².